The summed E-state index contributed by atoms with van der Waals surface area (Å²) >= 11 is 5.56. The Balaban J connectivity index is 2.90. The van der Waals surface area contributed by atoms with Crippen molar-refractivity contribution in [2.75, 3.05) is 6.61 Å². The molecule has 1 unspecified atom stereocenters. The Hall–Kier alpha value is -1.89. The number of nitro groups is 1. The van der Waals surface area contributed by atoms with Gasteiger partial charge in [0.1, 0.15) is 0 Å². The molecule has 0 fully saturated rings. The van der Waals surface area contributed by atoms with Gasteiger partial charge in [-0.3, -0.25) is 10.1 Å². The van der Waals surface area contributed by atoms with E-state index in [1.165, 1.54) is 13.0 Å². The predicted molar refractivity (Wildman–Crippen MR) is 60.3 cm³/mol. The van der Waals surface area contributed by atoms with Gasteiger partial charge in [0.05, 0.1) is 11.5 Å². The minimum Gasteiger partial charge on any atom is -0.461 e. The molecule has 1 rings (SSSR count). The zero-order chi connectivity index (χ0) is 13.7. The fourth-order valence-electron chi connectivity index (χ4n) is 1.10. The van der Waals surface area contributed by atoms with Crippen molar-refractivity contribution >= 4 is 23.3 Å². The number of carbonyl (C=O) groups excluding carboxylic acids is 1. The van der Waals surface area contributed by atoms with Crippen molar-refractivity contribution in [3.05, 3.63) is 33.3 Å². The zero-order valence-electron chi connectivity index (χ0n) is 9.26. The van der Waals surface area contributed by atoms with Crippen LogP contribution < -0.4 is 4.74 Å². The van der Waals surface area contributed by atoms with E-state index in [0.717, 1.165) is 12.1 Å². The van der Waals surface area contributed by atoms with Gasteiger partial charge in [0, 0.05) is 11.1 Å². The molecular weight excluding hydrogens is 269 g/mol. The van der Waals surface area contributed by atoms with Gasteiger partial charge in [0.2, 0.25) is 5.75 Å². The SMILES string of the molecule is CCOC(=O)C(F)Oc1ccc(Cl)cc1[N+](=O)[O-]. The van der Waals surface area contributed by atoms with Crippen molar-refractivity contribution in [3.8, 4) is 5.75 Å². The number of esters is 1. The second kappa shape index (κ2) is 6.15. The molecule has 18 heavy (non-hydrogen) atoms. The molecule has 1 atom stereocenters. The second-order valence-corrected chi connectivity index (χ2v) is 3.49. The molecule has 1 aromatic rings. The molecule has 0 saturated carbocycles. The van der Waals surface area contributed by atoms with Crippen LogP contribution in [-0.4, -0.2) is 23.9 Å². The van der Waals surface area contributed by atoms with Crippen LogP contribution in [0.5, 0.6) is 5.75 Å². The third-order valence-electron chi connectivity index (χ3n) is 1.82. The topological polar surface area (TPSA) is 78.7 Å². The van der Waals surface area contributed by atoms with E-state index in [1.807, 2.05) is 0 Å². The van der Waals surface area contributed by atoms with Crippen LogP contribution in [0.2, 0.25) is 5.02 Å². The normalized spacial score (nSPS) is 11.7. The summed E-state index contributed by atoms with van der Waals surface area (Å²) < 4.78 is 22.2. The lowest BCUT2D eigenvalue weighted by atomic mass is 10.3. The summed E-state index contributed by atoms with van der Waals surface area (Å²) in [5.41, 5.74) is -0.533. The highest BCUT2D eigenvalue weighted by Crippen LogP contribution is 2.30. The Morgan fingerprint density at radius 3 is 2.83 bits per heavy atom. The number of benzene rings is 1. The van der Waals surface area contributed by atoms with Crippen molar-refractivity contribution in [1.82, 2.24) is 0 Å². The number of carbonyl (C=O) groups is 1. The summed E-state index contributed by atoms with van der Waals surface area (Å²) in [6, 6.07) is 3.38. The maximum atomic E-state index is 13.3. The minimum atomic E-state index is -2.43. The van der Waals surface area contributed by atoms with Crippen molar-refractivity contribution in [1.29, 1.82) is 0 Å². The molecule has 0 aliphatic heterocycles. The first kappa shape index (κ1) is 14.2. The first-order chi connectivity index (χ1) is 8.45. The van der Waals surface area contributed by atoms with Gasteiger partial charge < -0.3 is 9.47 Å². The van der Waals surface area contributed by atoms with Gasteiger partial charge in [-0.2, -0.15) is 4.39 Å². The molecule has 0 amide bonds. The van der Waals surface area contributed by atoms with E-state index in [-0.39, 0.29) is 11.6 Å². The molecule has 0 spiro atoms. The molecule has 1 aromatic carbocycles. The number of alkyl halides is 1. The van der Waals surface area contributed by atoms with Crippen LogP contribution in [0.1, 0.15) is 6.92 Å². The third-order valence-corrected chi connectivity index (χ3v) is 2.06. The van der Waals surface area contributed by atoms with Crippen LogP contribution in [0.25, 0.3) is 0 Å². The molecule has 98 valence electrons. The van der Waals surface area contributed by atoms with Crippen molar-refractivity contribution in [3.63, 3.8) is 0 Å². The van der Waals surface area contributed by atoms with Crippen molar-refractivity contribution in [2.24, 2.45) is 0 Å². The van der Waals surface area contributed by atoms with E-state index in [0.29, 0.717) is 0 Å². The van der Waals surface area contributed by atoms with Gasteiger partial charge in [-0.25, -0.2) is 4.79 Å². The second-order valence-electron chi connectivity index (χ2n) is 3.06. The fraction of sp³-hybridized carbons (Fsp3) is 0.300. The Labute approximate surface area is 106 Å². The number of nitrogens with zero attached hydrogens (tertiary/aromatic N) is 1. The maximum Gasteiger partial charge on any atom is 0.381 e. The van der Waals surface area contributed by atoms with Crippen LogP contribution in [0.4, 0.5) is 10.1 Å². The van der Waals surface area contributed by atoms with E-state index in [9.17, 15) is 19.3 Å². The van der Waals surface area contributed by atoms with E-state index >= 15 is 0 Å². The third kappa shape index (κ3) is 3.56. The summed E-state index contributed by atoms with van der Waals surface area (Å²) in [4.78, 5) is 20.9. The number of ether oxygens (including phenoxy) is 2. The number of halogens is 2. The summed E-state index contributed by atoms with van der Waals surface area (Å²) in [7, 11) is 0. The standard InChI is InChI=1S/C10H9ClFNO5/c1-2-17-10(14)9(12)18-8-4-3-6(11)5-7(8)13(15)16/h3-5,9H,2H2,1H3. The van der Waals surface area contributed by atoms with Crippen molar-refractivity contribution < 1.29 is 23.6 Å². The number of hydrogen-bond donors (Lipinski definition) is 0. The summed E-state index contributed by atoms with van der Waals surface area (Å²) in [5, 5.41) is 10.8. The van der Waals surface area contributed by atoms with Gasteiger partial charge in [0.15, 0.2) is 0 Å². The fourth-order valence-corrected chi connectivity index (χ4v) is 1.27. The van der Waals surface area contributed by atoms with E-state index in [1.54, 1.807) is 0 Å². The molecule has 6 nitrogen and oxygen atoms in total. The van der Waals surface area contributed by atoms with Crippen molar-refractivity contribution in [2.45, 2.75) is 13.3 Å². The van der Waals surface area contributed by atoms with Crippen LogP contribution in [0.3, 0.4) is 0 Å². The van der Waals surface area contributed by atoms with E-state index in [4.69, 9.17) is 11.6 Å². The van der Waals surface area contributed by atoms with E-state index in [2.05, 4.69) is 9.47 Å². The summed E-state index contributed by atoms with van der Waals surface area (Å²) in [5.74, 6) is -1.65. The van der Waals surface area contributed by atoms with Crippen LogP contribution >= 0.6 is 11.6 Å². The number of rotatable bonds is 5. The molecule has 8 heteroatoms. The molecule has 0 saturated heterocycles. The lowest BCUT2D eigenvalue weighted by molar-refractivity contribution is -0.386. The zero-order valence-corrected chi connectivity index (χ0v) is 10.0. The number of nitro benzene ring substituents is 1. The Bertz CT molecular complexity index is 468. The number of hydrogen-bond acceptors (Lipinski definition) is 5. The largest absolute Gasteiger partial charge is 0.461 e. The first-order valence-corrected chi connectivity index (χ1v) is 5.24. The average Bonchev–Trinajstić information content (AvgIpc) is 2.31. The van der Waals surface area contributed by atoms with Gasteiger partial charge in [-0.1, -0.05) is 11.6 Å². The lowest BCUT2D eigenvalue weighted by Crippen LogP contribution is -2.25. The molecule has 0 N–H and O–H groups in total. The highest BCUT2D eigenvalue weighted by atomic mass is 35.5. The predicted octanol–water partition coefficient (Wildman–Crippen LogP) is 2.49. The molecular formula is C10H9ClFNO5. The lowest BCUT2D eigenvalue weighted by Gasteiger charge is -2.10. The first-order valence-electron chi connectivity index (χ1n) is 4.87. The van der Waals surface area contributed by atoms with Gasteiger partial charge >= 0.3 is 18.0 Å². The van der Waals surface area contributed by atoms with Gasteiger partial charge in [-0.05, 0) is 19.1 Å². The summed E-state index contributed by atoms with van der Waals surface area (Å²) in [6.07, 6.45) is -2.43. The Kier molecular flexibility index (Phi) is 4.85. The molecule has 0 bridgehead atoms. The van der Waals surface area contributed by atoms with Gasteiger partial charge in [0.25, 0.3) is 0 Å². The Morgan fingerprint density at radius 2 is 2.28 bits per heavy atom. The minimum absolute atomic E-state index is 0.0225. The monoisotopic (exact) mass is 277 g/mol. The van der Waals surface area contributed by atoms with Crippen LogP contribution in [0.15, 0.2) is 18.2 Å². The highest BCUT2D eigenvalue weighted by Gasteiger charge is 2.25. The highest BCUT2D eigenvalue weighted by molar-refractivity contribution is 6.30. The van der Waals surface area contributed by atoms with Gasteiger partial charge in [-0.15, -0.1) is 0 Å². The molecule has 0 radical (unpaired) electrons. The molecule has 0 aliphatic rings. The van der Waals surface area contributed by atoms with E-state index < -0.39 is 28.7 Å². The smallest absolute Gasteiger partial charge is 0.381 e. The molecule has 0 heterocycles. The average molecular weight is 278 g/mol. The summed E-state index contributed by atoms with van der Waals surface area (Å²) in [6.45, 7) is 1.47. The Morgan fingerprint density at radius 1 is 1.61 bits per heavy atom. The van der Waals surface area contributed by atoms with Crippen LogP contribution in [-0.2, 0) is 9.53 Å². The maximum absolute atomic E-state index is 13.3. The quantitative estimate of drug-likeness (QED) is 0.469. The molecule has 0 aromatic heterocycles. The van der Waals surface area contributed by atoms with Crippen LogP contribution in [0, 0.1) is 10.1 Å². The molecule has 0 aliphatic carbocycles.